The molecule has 0 bridgehead atoms. The van der Waals surface area contributed by atoms with Gasteiger partial charge in [-0.15, -0.1) is 0 Å². The van der Waals surface area contributed by atoms with E-state index in [1.807, 2.05) is 68.4 Å². The van der Waals surface area contributed by atoms with Crippen LogP contribution in [0, 0.1) is 17.2 Å². The average Bonchev–Trinajstić information content (AvgIpc) is 3.54. The number of carbonyl (C=O) groups excluding carboxylic acids is 2. The van der Waals surface area contributed by atoms with Crippen LogP contribution in [0.5, 0.6) is 0 Å². The van der Waals surface area contributed by atoms with Crippen LogP contribution in [0.1, 0.15) is 32.3 Å². The number of piperidine rings is 1. The Morgan fingerprint density at radius 3 is 2.33 bits per heavy atom. The molecule has 1 aliphatic rings. The molecule has 0 aliphatic carbocycles. The topological polar surface area (TPSA) is 135 Å². The highest BCUT2D eigenvalue weighted by atomic mass is 19.1. The molecule has 3 aromatic carbocycles. The molecule has 10 nitrogen and oxygen atoms in total. The molecule has 1 aliphatic heterocycles. The number of nitrogens with zero attached hydrogens (tertiary/aromatic N) is 3. The lowest BCUT2D eigenvalue weighted by atomic mass is 9.78. The standard InChI is InChI=1S/C34H35FN4O6/c1-22(2)19-36-29(40)21-44-33(43)34(32(41)42)14-16-39(17-15-34)20-23-8-10-25(11-9-23)30-37-31(45-38-30)26-12-13-27(28(35)18-26)24-6-4-3-5-7-24/h3-13,18,22H,14-17,19-21H2,1-2H3,(H,36,40)(H,41,42). The van der Waals surface area contributed by atoms with E-state index in [-0.39, 0.29) is 30.5 Å². The zero-order valence-electron chi connectivity index (χ0n) is 25.2. The molecule has 2 N–H and O–H groups in total. The van der Waals surface area contributed by atoms with Gasteiger partial charge in [-0.2, -0.15) is 4.98 Å². The highest BCUT2D eigenvalue weighted by Crippen LogP contribution is 2.34. The van der Waals surface area contributed by atoms with E-state index in [2.05, 4.69) is 20.4 Å². The summed E-state index contributed by atoms with van der Waals surface area (Å²) < 4.78 is 25.4. The van der Waals surface area contributed by atoms with Crippen molar-refractivity contribution in [1.29, 1.82) is 0 Å². The molecule has 2 heterocycles. The monoisotopic (exact) mass is 614 g/mol. The molecule has 4 aromatic rings. The van der Waals surface area contributed by atoms with Crippen molar-refractivity contribution in [1.82, 2.24) is 20.4 Å². The molecule has 1 saturated heterocycles. The highest BCUT2D eigenvalue weighted by molar-refractivity contribution is 6.00. The number of hydrogen-bond acceptors (Lipinski definition) is 8. The summed E-state index contributed by atoms with van der Waals surface area (Å²) in [5.41, 5.74) is 1.76. The molecular weight excluding hydrogens is 579 g/mol. The fourth-order valence-electron chi connectivity index (χ4n) is 5.21. The van der Waals surface area contributed by atoms with Crippen LogP contribution in [-0.4, -0.2) is 64.2 Å². The van der Waals surface area contributed by atoms with E-state index >= 15 is 0 Å². The molecular formula is C34H35FN4O6. The van der Waals surface area contributed by atoms with Crippen molar-refractivity contribution in [3.63, 3.8) is 0 Å². The Morgan fingerprint density at radius 2 is 1.69 bits per heavy atom. The van der Waals surface area contributed by atoms with E-state index in [1.54, 1.807) is 12.1 Å². The molecule has 0 unspecified atom stereocenters. The van der Waals surface area contributed by atoms with Crippen molar-refractivity contribution in [2.75, 3.05) is 26.2 Å². The normalized spacial score (nSPS) is 14.7. The summed E-state index contributed by atoms with van der Waals surface area (Å²) in [5.74, 6) is -2.16. The van der Waals surface area contributed by atoms with Crippen LogP contribution in [0.3, 0.4) is 0 Å². The fraction of sp³-hybridized carbons (Fsp3) is 0.324. The summed E-state index contributed by atoms with van der Waals surface area (Å²) >= 11 is 0. The Balaban J connectivity index is 1.16. The number of amides is 1. The first kappa shape index (κ1) is 31.5. The van der Waals surface area contributed by atoms with E-state index in [0.29, 0.717) is 43.1 Å². The number of aromatic nitrogens is 2. The molecule has 45 heavy (non-hydrogen) atoms. The number of aliphatic carboxylic acids is 1. The molecule has 0 spiro atoms. The molecule has 0 saturated carbocycles. The maximum atomic E-state index is 14.9. The molecule has 11 heteroatoms. The lowest BCUT2D eigenvalue weighted by Gasteiger charge is -2.37. The van der Waals surface area contributed by atoms with Gasteiger partial charge in [0.2, 0.25) is 5.82 Å². The van der Waals surface area contributed by atoms with Gasteiger partial charge in [0.1, 0.15) is 5.82 Å². The number of rotatable bonds is 11. The lowest BCUT2D eigenvalue weighted by Crippen LogP contribution is -2.50. The summed E-state index contributed by atoms with van der Waals surface area (Å²) in [6, 6.07) is 21.6. The zero-order valence-corrected chi connectivity index (χ0v) is 25.2. The maximum Gasteiger partial charge on any atom is 0.324 e. The van der Waals surface area contributed by atoms with Crippen LogP contribution in [0.4, 0.5) is 4.39 Å². The van der Waals surface area contributed by atoms with Crippen molar-refractivity contribution in [3.05, 3.63) is 84.2 Å². The Morgan fingerprint density at radius 1 is 1.00 bits per heavy atom. The number of ether oxygens (including phenoxy) is 1. The first-order valence-corrected chi connectivity index (χ1v) is 14.8. The molecule has 0 radical (unpaired) electrons. The van der Waals surface area contributed by atoms with Crippen LogP contribution >= 0.6 is 0 Å². The minimum atomic E-state index is -1.68. The smallest absolute Gasteiger partial charge is 0.324 e. The number of carboxylic acid groups (broad SMARTS) is 1. The number of nitrogens with one attached hydrogen (secondary N) is 1. The number of hydrogen-bond donors (Lipinski definition) is 2. The van der Waals surface area contributed by atoms with Gasteiger partial charge in [-0.1, -0.05) is 79.7 Å². The molecule has 0 atom stereocenters. The number of benzene rings is 3. The van der Waals surface area contributed by atoms with E-state index in [9.17, 15) is 23.9 Å². The molecule has 1 aromatic heterocycles. The van der Waals surface area contributed by atoms with E-state index in [1.165, 1.54) is 6.07 Å². The van der Waals surface area contributed by atoms with Crippen molar-refractivity contribution >= 4 is 17.8 Å². The Kier molecular flexibility index (Phi) is 9.68. The van der Waals surface area contributed by atoms with Crippen LogP contribution in [-0.2, 0) is 25.7 Å². The maximum absolute atomic E-state index is 14.9. The van der Waals surface area contributed by atoms with Crippen LogP contribution in [0.2, 0.25) is 0 Å². The average molecular weight is 615 g/mol. The van der Waals surface area contributed by atoms with Gasteiger partial charge in [0.05, 0.1) is 0 Å². The second-order valence-electron chi connectivity index (χ2n) is 11.6. The van der Waals surface area contributed by atoms with Crippen molar-refractivity contribution in [2.24, 2.45) is 11.3 Å². The predicted octanol–water partition coefficient (Wildman–Crippen LogP) is 5.19. The molecule has 234 valence electrons. The number of halogens is 1. The number of likely N-dealkylation sites (tertiary alicyclic amines) is 1. The van der Waals surface area contributed by atoms with Crippen molar-refractivity contribution in [2.45, 2.75) is 33.2 Å². The van der Waals surface area contributed by atoms with Gasteiger partial charge in [-0.3, -0.25) is 19.3 Å². The highest BCUT2D eigenvalue weighted by Gasteiger charge is 2.49. The predicted molar refractivity (Wildman–Crippen MR) is 164 cm³/mol. The third kappa shape index (κ3) is 7.43. The summed E-state index contributed by atoms with van der Waals surface area (Å²) in [6.45, 7) is 5.11. The minimum absolute atomic E-state index is 0.0748. The van der Waals surface area contributed by atoms with Crippen LogP contribution < -0.4 is 5.32 Å². The Bertz CT molecular complexity index is 1650. The van der Waals surface area contributed by atoms with Crippen LogP contribution in [0.15, 0.2) is 77.3 Å². The van der Waals surface area contributed by atoms with E-state index in [0.717, 1.165) is 16.7 Å². The number of esters is 1. The SMILES string of the molecule is CC(C)CNC(=O)COC(=O)C1(C(=O)O)CCN(Cc2ccc(-c3noc(-c4ccc(-c5ccccc5)c(F)c4)n3)cc2)CC1. The Hall–Kier alpha value is -4.90. The van der Waals surface area contributed by atoms with Gasteiger partial charge in [0.15, 0.2) is 12.0 Å². The molecule has 1 fully saturated rings. The Labute approximate surface area is 260 Å². The quantitative estimate of drug-likeness (QED) is 0.173. The van der Waals surface area contributed by atoms with E-state index in [4.69, 9.17) is 9.26 Å². The largest absolute Gasteiger partial charge is 0.480 e. The van der Waals surface area contributed by atoms with Gasteiger partial charge in [-0.25, -0.2) is 4.39 Å². The first-order chi connectivity index (χ1) is 21.6. The number of carboxylic acids is 1. The third-order valence-corrected chi connectivity index (χ3v) is 7.90. The zero-order chi connectivity index (χ0) is 32.0. The minimum Gasteiger partial charge on any atom is -0.480 e. The molecule has 1 amide bonds. The van der Waals surface area contributed by atoms with Crippen LogP contribution in [0.25, 0.3) is 34.0 Å². The van der Waals surface area contributed by atoms with E-state index < -0.39 is 29.9 Å². The summed E-state index contributed by atoms with van der Waals surface area (Å²) in [5, 5.41) is 16.6. The summed E-state index contributed by atoms with van der Waals surface area (Å²) in [6.07, 6.45) is 0.150. The van der Waals surface area contributed by atoms with Gasteiger partial charge in [0, 0.05) is 42.9 Å². The van der Waals surface area contributed by atoms with Gasteiger partial charge >= 0.3 is 11.9 Å². The number of carbonyl (C=O) groups is 3. The second kappa shape index (κ2) is 13.8. The molecule has 5 rings (SSSR count). The van der Waals surface area contributed by atoms with Crippen molar-refractivity contribution < 1.29 is 33.1 Å². The van der Waals surface area contributed by atoms with Gasteiger partial charge in [-0.05, 0) is 42.0 Å². The second-order valence-corrected chi connectivity index (χ2v) is 11.6. The fourth-order valence-corrected chi connectivity index (χ4v) is 5.21. The summed E-state index contributed by atoms with van der Waals surface area (Å²) in [7, 11) is 0. The van der Waals surface area contributed by atoms with Gasteiger partial charge in [0.25, 0.3) is 11.8 Å². The van der Waals surface area contributed by atoms with Gasteiger partial charge < -0.3 is 19.7 Å². The lowest BCUT2D eigenvalue weighted by molar-refractivity contribution is -0.174. The van der Waals surface area contributed by atoms with Crippen molar-refractivity contribution in [3.8, 4) is 34.0 Å². The summed E-state index contributed by atoms with van der Waals surface area (Å²) in [4.78, 5) is 43.4. The first-order valence-electron chi connectivity index (χ1n) is 14.8. The third-order valence-electron chi connectivity index (χ3n) is 7.90.